The second kappa shape index (κ2) is 9.67. The number of nitrogens with one attached hydrogen (secondary N) is 2. The molecule has 0 saturated carbocycles. The van der Waals surface area contributed by atoms with Gasteiger partial charge in [-0.3, -0.25) is 14.9 Å². The van der Waals surface area contributed by atoms with Crippen LogP contribution in [0.4, 0.5) is 20.9 Å². The van der Waals surface area contributed by atoms with Crippen LogP contribution in [0.2, 0.25) is 0 Å². The molecule has 4 rings (SSSR count). The Morgan fingerprint density at radius 3 is 2.45 bits per heavy atom. The molecule has 2 amide bonds. The van der Waals surface area contributed by atoms with Crippen molar-refractivity contribution in [2.24, 2.45) is 0 Å². The minimum absolute atomic E-state index is 0.0914. The van der Waals surface area contributed by atoms with E-state index in [9.17, 15) is 14.0 Å². The molecule has 9 heteroatoms. The van der Waals surface area contributed by atoms with E-state index in [-0.39, 0.29) is 18.2 Å². The van der Waals surface area contributed by atoms with Crippen molar-refractivity contribution >= 4 is 39.7 Å². The summed E-state index contributed by atoms with van der Waals surface area (Å²) in [5.74, 6) is -0.985. The molecule has 2 N–H and O–H groups in total. The third-order valence-electron chi connectivity index (χ3n) is 4.75. The molecule has 2 aromatic carbocycles. The number of carbonyl (C=O) groups is 2. The Balaban J connectivity index is 1.29. The van der Waals surface area contributed by atoms with Crippen molar-refractivity contribution in [2.75, 3.05) is 41.8 Å². The third-order valence-corrected chi connectivity index (χ3v) is 5.55. The molecule has 1 aliphatic heterocycles. The highest BCUT2D eigenvalue weighted by Gasteiger charge is 2.13. The number of thiazole rings is 1. The van der Waals surface area contributed by atoms with E-state index in [0.29, 0.717) is 22.1 Å². The van der Waals surface area contributed by atoms with E-state index in [0.717, 1.165) is 32.0 Å². The average molecular weight is 441 g/mol. The van der Waals surface area contributed by atoms with Gasteiger partial charge in [-0.1, -0.05) is 0 Å². The predicted molar refractivity (Wildman–Crippen MR) is 118 cm³/mol. The molecule has 1 aromatic heterocycles. The lowest BCUT2D eigenvalue weighted by molar-refractivity contribution is -0.115. The molecule has 31 heavy (non-hydrogen) atoms. The van der Waals surface area contributed by atoms with Gasteiger partial charge in [0.05, 0.1) is 25.3 Å². The first-order chi connectivity index (χ1) is 15.1. The summed E-state index contributed by atoms with van der Waals surface area (Å²) < 4.78 is 18.3. The van der Waals surface area contributed by atoms with Crippen LogP contribution in [0, 0.1) is 5.82 Å². The molecule has 2 heterocycles. The Hall–Kier alpha value is -3.30. The number of rotatable bonds is 6. The van der Waals surface area contributed by atoms with Crippen molar-refractivity contribution < 1.29 is 18.7 Å². The van der Waals surface area contributed by atoms with Crippen LogP contribution < -0.4 is 15.5 Å². The molecule has 1 fully saturated rings. The van der Waals surface area contributed by atoms with Crippen LogP contribution in [0.15, 0.2) is 53.9 Å². The van der Waals surface area contributed by atoms with Gasteiger partial charge in [-0.2, -0.15) is 0 Å². The largest absolute Gasteiger partial charge is 0.378 e. The van der Waals surface area contributed by atoms with Crippen LogP contribution in [0.25, 0.3) is 0 Å². The Morgan fingerprint density at radius 1 is 1.03 bits per heavy atom. The number of hydrogen-bond donors (Lipinski definition) is 2. The number of carbonyl (C=O) groups excluding carboxylic acids is 2. The van der Waals surface area contributed by atoms with E-state index >= 15 is 0 Å². The van der Waals surface area contributed by atoms with Crippen molar-refractivity contribution in [2.45, 2.75) is 6.42 Å². The predicted octanol–water partition coefficient (Wildman–Crippen LogP) is 3.55. The van der Waals surface area contributed by atoms with E-state index in [2.05, 4.69) is 20.5 Å². The van der Waals surface area contributed by atoms with E-state index in [1.807, 2.05) is 24.3 Å². The van der Waals surface area contributed by atoms with E-state index in [1.54, 1.807) is 5.38 Å². The molecule has 0 radical (unpaired) electrons. The lowest BCUT2D eigenvalue weighted by atomic mass is 10.2. The van der Waals surface area contributed by atoms with Gasteiger partial charge in [0, 0.05) is 35.4 Å². The topological polar surface area (TPSA) is 83.6 Å². The second-order valence-electron chi connectivity index (χ2n) is 6.98. The van der Waals surface area contributed by atoms with Crippen molar-refractivity contribution in [1.29, 1.82) is 0 Å². The Kier molecular flexibility index (Phi) is 6.54. The monoisotopic (exact) mass is 440 g/mol. The van der Waals surface area contributed by atoms with Crippen molar-refractivity contribution in [3.63, 3.8) is 0 Å². The molecule has 1 aliphatic rings. The number of aromatic nitrogens is 1. The number of hydrogen-bond acceptors (Lipinski definition) is 6. The van der Waals surface area contributed by atoms with Crippen LogP contribution in [-0.2, 0) is 16.0 Å². The standard InChI is InChI=1S/C22H21FN4O3S/c23-16-3-1-15(2-4-16)21(29)26-22-25-18(14-31-22)13-20(28)24-17-5-7-19(8-6-17)27-9-11-30-12-10-27/h1-8,14H,9-13H2,(H,24,28)(H,25,26,29). The van der Waals surface area contributed by atoms with Gasteiger partial charge in [0.15, 0.2) is 5.13 Å². The summed E-state index contributed by atoms with van der Waals surface area (Å²) in [7, 11) is 0. The van der Waals surface area contributed by atoms with Gasteiger partial charge >= 0.3 is 0 Å². The molecule has 0 bridgehead atoms. The van der Waals surface area contributed by atoms with Gasteiger partial charge in [-0.15, -0.1) is 11.3 Å². The number of nitrogens with zero attached hydrogens (tertiary/aromatic N) is 2. The van der Waals surface area contributed by atoms with Crippen LogP contribution >= 0.6 is 11.3 Å². The highest BCUT2D eigenvalue weighted by Crippen LogP contribution is 2.20. The molecular formula is C22H21FN4O3S. The molecular weight excluding hydrogens is 419 g/mol. The average Bonchev–Trinajstić information content (AvgIpc) is 3.21. The van der Waals surface area contributed by atoms with Gasteiger partial charge in [0.2, 0.25) is 5.91 Å². The van der Waals surface area contributed by atoms with Crippen LogP contribution in [0.5, 0.6) is 0 Å². The van der Waals surface area contributed by atoms with E-state index in [4.69, 9.17) is 4.74 Å². The Bertz CT molecular complexity index is 1050. The lowest BCUT2D eigenvalue weighted by Crippen LogP contribution is -2.36. The minimum Gasteiger partial charge on any atom is -0.378 e. The smallest absolute Gasteiger partial charge is 0.257 e. The molecule has 0 aliphatic carbocycles. The maximum Gasteiger partial charge on any atom is 0.257 e. The summed E-state index contributed by atoms with van der Waals surface area (Å²) in [4.78, 5) is 31.1. The van der Waals surface area contributed by atoms with Gasteiger partial charge in [-0.05, 0) is 48.5 Å². The quantitative estimate of drug-likeness (QED) is 0.613. The zero-order valence-electron chi connectivity index (χ0n) is 16.6. The van der Waals surface area contributed by atoms with Crippen molar-refractivity contribution in [3.05, 3.63) is 71.0 Å². The summed E-state index contributed by atoms with van der Waals surface area (Å²) in [5.41, 5.74) is 2.70. The fourth-order valence-corrected chi connectivity index (χ4v) is 3.87. The normalized spacial score (nSPS) is 13.6. The Morgan fingerprint density at radius 2 is 1.74 bits per heavy atom. The highest BCUT2D eigenvalue weighted by molar-refractivity contribution is 7.14. The van der Waals surface area contributed by atoms with Gasteiger partial charge in [-0.25, -0.2) is 9.37 Å². The second-order valence-corrected chi connectivity index (χ2v) is 7.83. The molecule has 0 unspecified atom stereocenters. The van der Waals surface area contributed by atoms with Gasteiger partial charge < -0.3 is 15.0 Å². The summed E-state index contributed by atoms with van der Waals surface area (Å²) in [5, 5.41) is 7.63. The van der Waals surface area contributed by atoms with E-state index in [1.165, 1.54) is 35.6 Å². The molecule has 0 spiro atoms. The first-order valence-corrected chi connectivity index (χ1v) is 10.7. The first-order valence-electron chi connectivity index (χ1n) is 9.81. The summed E-state index contributed by atoms with van der Waals surface area (Å²) >= 11 is 1.23. The summed E-state index contributed by atoms with van der Waals surface area (Å²) in [6.45, 7) is 3.15. The molecule has 1 saturated heterocycles. The number of morpholine rings is 1. The maximum atomic E-state index is 13.0. The number of anilines is 3. The zero-order valence-corrected chi connectivity index (χ0v) is 17.5. The first kappa shape index (κ1) is 21.0. The van der Waals surface area contributed by atoms with Gasteiger partial charge in [0.25, 0.3) is 5.91 Å². The zero-order chi connectivity index (χ0) is 21.6. The third kappa shape index (κ3) is 5.65. The minimum atomic E-state index is -0.408. The Labute approximate surface area is 182 Å². The number of ether oxygens (including phenoxy) is 1. The van der Waals surface area contributed by atoms with Crippen LogP contribution in [-0.4, -0.2) is 43.1 Å². The highest BCUT2D eigenvalue weighted by atomic mass is 32.1. The maximum absolute atomic E-state index is 13.0. The van der Waals surface area contributed by atoms with Crippen molar-refractivity contribution in [3.8, 4) is 0 Å². The fourth-order valence-electron chi connectivity index (χ4n) is 3.16. The number of halogens is 1. The molecule has 160 valence electrons. The fraction of sp³-hybridized carbons (Fsp3) is 0.227. The van der Waals surface area contributed by atoms with Crippen LogP contribution in [0.1, 0.15) is 16.1 Å². The lowest BCUT2D eigenvalue weighted by Gasteiger charge is -2.28. The van der Waals surface area contributed by atoms with Crippen LogP contribution in [0.3, 0.4) is 0 Å². The summed E-state index contributed by atoms with van der Waals surface area (Å²) in [6.07, 6.45) is 0.0914. The number of benzene rings is 2. The number of amides is 2. The van der Waals surface area contributed by atoms with Crippen molar-refractivity contribution in [1.82, 2.24) is 4.98 Å². The molecule has 7 nitrogen and oxygen atoms in total. The molecule has 3 aromatic rings. The summed E-state index contributed by atoms with van der Waals surface area (Å²) in [6, 6.07) is 12.9. The van der Waals surface area contributed by atoms with E-state index < -0.39 is 5.82 Å². The SMILES string of the molecule is O=C(Cc1csc(NC(=O)c2ccc(F)cc2)n1)Nc1ccc(N2CCOCC2)cc1. The van der Waals surface area contributed by atoms with Gasteiger partial charge in [0.1, 0.15) is 5.82 Å². The molecule has 0 atom stereocenters.